The van der Waals surface area contributed by atoms with Crippen LogP contribution in [0.1, 0.15) is 12.5 Å². The van der Waals surface area contributed by atoms with Gasteiger partial charge in [0.1, 0.15) is 0 Å². The van der Waals surface area contributed by atoms with Crippen molar-refractivity contribution in [3.8, 4) is 0 Å². The molecule has 1 atom stereocenters. The maximum absolute atomic E-state index is 9.21. The number of hydrogen-bond acceptors (Lipinski definition) is 2. The summed E-state index contributed by atoms with van der Waals surface area (Å²) in [6, 6.07) is 1.86. The van der Waals surface area contributed by atoms with E-state index in [1.165, 1.54) is 0 Å². The fraction of sp³-hybridized carbons (Fsp3) is 0.364. The summed E-state index contributed by atoms with van der Waals surface area (Å²) in [6.45, 7) is 5.72. The molecule has 3 heteroatoms. The Hall–Kier alpha value is -0.860. The second-order valence-electron chi connectivity index (χ2n) is 3.66. The molecule has 0 radical (unpaired) electrons. The van der Waals surface area contributed by atoms with E-state index in [4.69, 9.17) is 11.6 Å². The summed E-state index contributed by atoms with van der Waals surface area (Å²) in [7, 11) is 0. The molecule has 76 valence electrons. The van der Waals surface area contributed by atoms with Crippen molar-refractivity contribution in [2.75, 3.05) is 6.61 Å². The van der Waals surface area contributed by atoms with Gasteiger partial charge in [0.2, 0.25) is 0 Å². The van der Waals surface area contributed by atoms with Crippen LogP contribution in [-0.4, -0.2) is 16.7 Å². The predicted molar refractivity (Wildman–Crippen MR) is 58.3 cm³/mol. The van der Waals surface area contributed by atoms with Crippen molar-refractivity contribution in [2.24, 2.45) is 5.41 Å². The maximum atomic E-state index is 9.21. The Kier molecular flexibility index (Phi) is 3.67. The fourth-order valence-electron chi connectivity index (χ4n) is 1.18. The zero-order valence-corrected chi connectivity index (χ0v) is 8.96. The Balaban J connectivity index is 2.87. The van der Waals surface area contributed by atoms with E-state index >= 15 is 0 Å². The molecule has 0 fully saturated rings. The first kappa shape index (κ1) is 11.2. The summed E-state index contributed by atoms with van der Waals surface area (Å²) in [5, 5.41) is 9.84. The molecule has 1 aromatic heterocycles. The third-order valence-corrected chi connectivity index (χ3v) is 2.65. The van der Waals surface area contributed by atoms with Crippen LogP contribution >= 0.6 is 11.6 Å². The van der Waals surface area contributed by atoms with Crippen molar-refractivity contribution in [3.63, 3.8) is 0 Å². The Labute approximate surface area is 89.2 Å². The minimum absolute atomic E-state index is 0.0646. The summed E-state index contributed by atoms with van der Waals surface area (Å²) in [6.07, 6.45) is 5.73. The molecule has 0 saturated carbocycles. The van der Waals surface area contributed by atoms with Gasteiger partial charge in [0.05, 0.1) is 11.6 Å². The lowest BCUT2D eigenvalue weighted by atomic mass is 9.85. The molecule has 1 heterocycles. The van der Waals surface area contributed by atoms with E-state index in [-0.39, 0.29) is 12.0 Å². The topological polar surface area (TPSA) is 33.1 Å². The number of aliphatic hydroxyl groups excluding tert-OH is 1. The van der Waals surface area contributed by atoms with Gasteiger partial charge in [0, 0.05) is 17.8 Å². The zero-order chi connectivity index (χ0) is 10.6. The van der Waals surface area contributed by atoms with Crippen LogP contribution in [0.3, 0.4) is 0 Å². The quantitative estimate of drug-likeness (QED) is 0.777. The second kappa shape index (κ2) is 4.58. The van der Waals surface area contributed by atoms with E-state index in [0.717, 1.165) is 5.56 Å². The van der Waals surface area contributed by atoms with Crippen LogP contribution in [0.5, 0.6) is 0 Å². The van der Waals surface area contributed by atoms with Crippen molar-refractivity contribution in [3.05, 3.63) is 41.7 Å². The first-order chi connectivity index (χ1) is 6.61. The molecule has 2 nitrogen and oxygen atoms in total. The molecule has 0 aliphatic heterocycles. The van der Waals surface area contributed by atoms with Crippen molar-refractivity contribution >= 4 is 11.6 Å². The van der Waals surface area contributed by atoms with E-state index in [0.29, 0.717) is 11.4 Å². The number of hydrogen-bond donors (Lipinski definition) is 1. The highest BCUT2D eigenvalue weighted by molar-refractivity contribution is 6.31. The molecule has 0 aromatic carbocycles. The van der Waals surface area contributed by atoms with Gasteiger partial charge in [0.15, 0.2) is 0 Å². The van der Waals surface area contributed by atoms with Gasteiger partial charge in [-0.1, -0.05) is 24.6 Å². The Bertz CT molecular complexity index is 327. The smallest absolute Gasteiger partial charge is 0.0621 e. The molecular formula is C11H14ClNO. The van der Waals surface area contributed by atoms with Crippen molar-refractivity contribution < 1.29 is 5.11 Å². The summed E-state index contributed by atoms with van der Waals surface area (Å²) >= 11 is 5.97. The molecule has 0 bridgehead atoms. The van der Waals surface area contributed by atoms with Gasteiger partial charge < -0.3 is 5.11 Å². The van der Waals surface area contributed by atoms with Gasteiger partial charge in [-0.05, 0) is 18.1 Å². The summed E-state index contributed by atoms with van der Waals surface area (Å²) in [5.74, 6) is 0. The molecule has 14 heavy (non-hydrogen) atoms. The van der Waals surface area contributed by atoms with Crippen LogP contribution < -0.4 is 0 Å². The summed E-state index contributed by atoms with van der Waals surface area (Å²) < 4.78 is 0. The van der Waals surface area contributed by atoms with Gasteiger partial charge >= 0.3 is 0 Å². The van der Waals surface area contributed by atoms with Gasteiger partial charge in [0.25, 0.3) is 0 Å². The number of aromatic nitrogens is 1. The third kappa shape index (κ3) is 2.56. The molecule has 1 rings (SSSR count). The highest BCUT2D eigenvalue weighted by Gasteiger charge is 2.20. The highest BCUT2D eigenvalue weighted by atomic mass is 35.5. The average molecular weight is 212 g/mol. The number of rotatable bonds is 4. The lowest BCUT2D eigenvalue weighted by molar-refractivity contribution is 0.184. The van der Waals surface area contributed by atoms with Crippen LogP contribution in [0.4, 0.5) is 0 Å². The van der Waals surface area contributed by atoms with Gasteiger partial charge in [-0.25, -0.2) is 0 Å². The predicted octanol–water partition coefficient (Wildman–Crippen LogP) is 2.46. The van der Waals surface area contributed by atoms with Crippen LogP contribution in [0.25, 0.3) is 0 Å². The molecule has 0 spiro atoms. The van der Waals surface area contributed by atoms with Crippen LogP contribution in [0.2, 0.25) is 5.02 Å². The summed E-state index contributed by atoms with van der Waals surface area (Å²) in [5.41, 5.74) is 0.670. The molecular weight excluding hydrogens is 198 g/mol. The number of pyridine rings is 1. The Morgan fingerprint density at radius 2 is 2.43 bits per heavy atom. The lowest BCUT2D eigenvalue weighted by Crippen LogP contribution is -2.21. The molecule has 0 amide bonds. The molecule has 1 unspecified atom stereocenters. The van der Waals surface area contributed by atoms with E-state index in [1.807, 2.05) is 13.0 Å². The van der Waals surface area contributed by atoms with E-state index in [9.17, 15) is 5.11 Å². The van der Waals surface area contributed by atoms with E-state index in [2.05, 4.69) is 11.6 Å². The SMILES string of the molecule is C=CC(C)(CO)Cc1ccncc1Cl. The molecule has 1 aromatic rings. The standard InChI is InChI=1S/C11H14ClNO/c1-3-11(2,8-14)6-9-4-5-13-7-10(9)12/h3-5,7,14H,1,6,8H2,2H3. The van der Waals surface area contributed by atoms with E-state index in [1.54, 1.807) is 18.5 Å². The van der Waals surface area contributed by atoms with Gasteiger partial charge in [-0.3, -0.25) is 4.98 Å². The van der Waals surface area contributed by atoms with E-state index < -0.39 is 0 Å². The normalized spacial score (nSPS) is 14.8. The van der Waals surface area contributed by atoms with Crippen LogP contribution in [0.15, 0.2) is 31.1 Å². The largest absolute Gasteiger partial charge is 0.395 e. The van der Waals surface area contributed by atoms with Crippen LogP contribution in [-0.2, 0) is 6.42 Å². The number of nitrogens with zero attached hydrogens (tertiary/aromatic N) is 1. The number of aliphatic hydroxyl groups is 1. The first-order valence-electron chi connectivity index (χ1n) is 4.44. The van der Waals surface area contributed by atoms with Crippen molar-refractivity contribution in [1.29, 1.82) is 0 Å². The van der Waals surface area contributed by atoms with Crippen molar-refractivity contribution in [1.82, 2.24) is 4.98 Å². The molecule has 1 N–H and O–H groups in total. The zero-order valence-electron chi connectivity index (χ0n) is 8.20. The summed E-state index contributed by atoms with van der Waals surface area (Å²) in [4.78, 5) is 3.91. The molecule has 0 aliphatic rings. The average Bonchev–Trinajstić information content (AvgIpc) is 2.21. The Morgan fingerprint density at radius 1 is 1.71 bits per heavy atom. The molecule has 0 aliphatic carbocycles. The fourth-order valence-corrected chi connectivity index (χ4v) is 1.36. The monoisotopic (exact) mass is 211 g/mol. The van der Waals surface area contributed by atoms with Crippen molar-refractivity contribution in [2.45, 2.75) is 13.3 Å². The van der Waals surface area contributed by atoms with Crippen LogP contribution in [0, 0.1) is 5.41 Å². The Morgan fingerprint density at radius 3 is 2.93 bits per heavy atom. The maximum Gasteiger partial charge on any atom is 0.0621 e. The van der Waals surface area contributed by atoms with Gasteiger partial charge in [-0.15, -0.1) is 6.58 Å². The first-order valence-corrected chi connectivity index (χ1v) is 4.82. The minimum atomic E-state index is -0.314. The second-order valence-corrected chi connectivity index (χ2v) is 4.07. The minimum Gasteiger partial charge on any atom is -0.395 e. The molecule has 0 saturated heterocycles. The highest BCUT2D eigenvalue weighted by Crippen LogP contribution is 2.26. The number of halogens is 1. The third-order valence-electron chi connectivity index (χ3n) is 2.30. The van der Waals surface area contributed by atoms with Gasteiger partial charge in [-0.2, -0.15) is 0 Å². The lowest BCUT2D eigenvalue weighted by Gasteiger charge is -2.23.